The van der Waals surface area contributed by atoms with Gasteiger partial charge in [-0.15, -0.1) is 21.5 Å². The molecule has 4 aromatic rings. The molecule has 0 bridgehead atoms. The van der Waals surface area contributed by atoms with Gasteiger partial charge < -0.3 is 10.6 Å². The van der Waals surface area contributed by atoms with E-state index >= 15 is 0 Å². The number of hydrogen-bond donors (Lipinski definition) is 2. The molecule has 3 heterocycles. The van der Waals surface area contributed by atoms with Gasteiger partial charge in [-0.25, -0.2) is 4.98 Å². The Bertz CT molecular complexity index is 1390. The summed E-state index contributed by atoms with van der Waals surface area (Å²) in [6.45, 7) is 5.84. The summed E-state index contributed by atoms with van der Waals surface area (Å²) in [5.41, 5.74) is 3.58. The predicted octanol–water partition coefficient (Wildman–Crippen LogP) is 4.72. The van der Waals surface area contributed by atoms with Gasteiger partial charge in [-0.3, -0.25) is 14.0 Å². The van der Waals surface area contributed by atoms with Gasteiger partial charge >= 0.3 is 0 Å². The van der Waals surface area contributed by atoms with Crippen LogP contribution in [0.15, 0.2) is 29.4 Å². The average Bonchev–Trinajstić information content (AvgIpc) is 3.38. The highest BCUT2D eigenvalue weighted by Gasteiger charge is 2.25. The molecule has 1 aliphatic rings. The van der Waals surface area contributed by atoms with E-state index in [1.165, 1.54) is 35.5 Å². The van der Waals surface area contributed by atoms with Crippen molar-refractivity contribution in [3.05, 3.63) is 40.5 Å². The highest BCUT2D eigenvalue weighted by Crippen LogP contribution is 2.39. The first-order chi connectivity index (χ1) is 16.4. The SMILES string of the molecule is CCc1nc2sc3c(c2c2nnc(SCC(=O)Nc4ccc(NC(C)=O)cc4)n12)CCC(C)C3. The van der Waals surface area contributed by atoms with Crippen LogP contribution < -0.4 is 10.6 Å². The van der Waals surface area contributed by atoms with Gasteiger partial charge in [0.25, 0.3) is 0 Å². The molecule has 3 aromatic heterocycles. The van der Waals surface area contributed by atoms with Crippen molar-refractivity contribution < 1.29 is 9.59 Å². The molecule has 176 valence electrons. The number of nitrogens with one attached hydrogen (secondary N) is 2. The van der Waals surface area contributed by atoms with Crippen LogP contribution in [0.25, 0.3) is 15.9 Å². The normalized spacial score (nSPS) is 15.4. The molecule has 0 saturated carbocycles. The maximum absolute atomic E-state index is 12.6. The maximum Gasteiger partial charge on any atom is 0.234 e. The molecule has 0 spiro atoms. The van der Waals surface area contributed by atoms with E-state index < -0.39 is 0 Å². The molecule has 0 aliphatic heterocycles. The Balaban J connectivity index is 1.36. The number of amides is 2. The van der Waals surface area contributed by atoms with E-state index in [0.717, 1.165) is 41.0 Å². The van der Waals surface area contributed by atoms with E-state index in [1.54, 1.807) is 35.6 Å². The summed E-state index contributed by atoms with van der Waals surface area (Å²) in [6, 6.07) is 7.03. The number of rotatable bonds is 6. The van der Waals surface area contributed by atoms with Gasteiger partial charge in [-0.2, -0.15) is 0 Å². The second-order valence-corrected chi connectivity index (χ2v) is 10.7. The predicted molar refractivity (Wildman–Crippen MR) is 137 cm³/mol. The van der Waals surface area contributed by atoms with Gasteiger partial charge in [0.05, 0.1) is 11.1 Å². The lowest BCUT2D eigenvalue weighted by molar-refractivity contribution is -0.114. The molecule has 34 heavy (non-hydrogen) atoms. The van der Waals surface area contributed by atoms with Gasteiger partial charge in [0.2, 0.25) is 11.8 Å². The fourth-order valence-electron chi connectivity index (χ4n) is 4.38. The first kappa shape index (κ1) is 22.8. The van der Waals surface area contributed by atoms with E-state index in [0.29, 0.717) is 22.4 Å². The molecule has 0 saturated heterocycles. The topological polar surface area (TPSA) is 101 Å². The Morgan fingerprint density at radius 1 is 1.18 bits per heavy atom. The van der Waals surface area contributed by atoms with Crippen LogP contribution in [-0.4, -0.2) is 37.1 Å². The summed E-state index contributed by atoms with van der Waals surface area (Å²) >= 11 is 3.15. The number of aryl methyl sites for hydroxylation is 2. The van der Waals surface area contributed by atoms with Gasteiger partial charge in [0.15, 0.2) is 10.8 Å². The van der Waals surface area contributed by atoms with Gasteiger partial charge in [0.1, 0.15) is 10.7 Å². The van der Waals surface area contributed by atoms with Crippen LogP contribution in [0, 0.1) is 5.92 Å². The average molecular weight is 495 g/mol. The molecule has 2 N–H and O–H groups in total. The maximum atomic E-state index is 12.6. The Morgan fingerprint density at radius 3 is 2.62 bits per heavy atom. The van der Waals surface area contributed by atoms with Gasteiger partial charge in [-0.05, 0) is 55.0 Å². The van der Waals surface area contributed by atoms with Crippen LogP contribution in [0.3, 0.4) is 0 Å². The zero-order valence-electron chi connectivity index (χ0n) is 19.3. The highest BCUT2D eigenvalue weighted by atomic mass is 32.2. The van der Waals surface area contributed by atoms with Crippen molar-refractivity contribution in [1.82, 2.24) is 19.6 Å². The number of anilines is 2. The van der Waals surface area contributed by atoms with Crippen molar-refractivity contribution in [2.24, 2.45) is 5.92 Å². The van der Waals surface area contributed by atoms with E-state index in [9.17, 15) is 9.59 Å². The third-order valence-electron chi connectivity index (χ3n) is 5.98. The summed E-state index contributed by atoms with van der Waals surface area (Å²) in [5.74, 6) is 1.55. The summed E-state index contributed by atoms with van der Waals surface area (Å²) in [5, 5.41) is 16.4. The number of aromatic nitrogens is 4. The number of thioether (sulfide) groups is 1. The minimum Gasteiger partial charge on any atom is -0.326 e. The zero-order chi connectivity index (χ0) is 23.8. The monoisotopic (exact) mass is 494 g/mol. The molecule has 1 unspecified atom stereocenters. The van der Waals surface area contributed by atoms with Crippen LogP contribution in [0.5, 0.6) is 0 Å². The number of carbonyl (C=O) groups excluding carboxylic acids is 2. The summed E-state index contributed by atoms with van der Waals surface area (Å²) in [7, 11) is 0. The first-order valence-electron chi connectivity index (χ1n) is 11.4. The summed E-state index contributed by atoms with van der Waals surface area (Å²) in [6.07, 6.45) is 4.09. The molecule has 1 aliphatic carbocycles. The van der Waals surface area contributed by atoms with E-state index in [4.69, 9.17) is 4.98 Å². The van der Waals surface area contributed by atoms with E-state index in [-0.39, 0.29) is 17.6 Å². The van der Waals surface area contributed by atoms with Crippen molar-refractivity contribution in [2.75, 3.05) is 16.4 Å². The Morgan fingerprint density at radius 2 is 1.91 bits per heavy atom. The molecule has 2 amide bonds. The zero-order valence-corrected chi connectivity index (χ0v) is 21.0. The number of fused-ring (bicyclic) bond motifs is 5. The van der Waals surface area contributed by atoms with Crippen LogP contribution in [0.4, 0.5) is 11.4 Å². The van der Waals surface area contributed by atoms with Crippen LogP contribution in [-0.2, 0) is 28.9 Å². The third kappa shape index (κ3) is 4.39. The second kappa shape index (κ2) is 9.34. The number of nitrogens with zero attached hydrogens (tertiary/aromatic N) is 4. The number of benzene rings is 1. The van der Waals surface area contributed by atoms with Crippen LogP contribution in [0.1, 0.15) is 43.5 Å². The summed E-state index contributed by atoms with van der Waals surface area (Å²) < 4.78 is 2.02. The standard InChI is InChI=1S/C24H26N6O2S2/c1-4-19-27-23-21(17-10-5-13(2)11-18(17)34-23)22-28-29-24(30(19)22)33-12-20(32)26-16-8-6-15(7-9-16)25-14(3)31/h6-9,13H,4-5,10-12H2,1-3H3,(H,25,31)(H,26,32). The number of carbonyl (C=O) groups is 2. The third-order valence-corrected chi connectivity index (χ3v) is 8.05. The lowest BCUT2D eigenvalue weighted by Crippen LogP contribution is -2.14. The second-order valence-electron chi connectivity index (χ2n) is 8.65. The molecule has 0 fully saturated rings. The van der Waals surface area contributed by atoms with Gasteiger partial charge in [-0.1, -0.05) is 25.6 Å². The highest BCUT2D eigenvalue weighted by molar-refractivity contribution is 7.99. The van der Waals surface area contributed by atoms with Crippen molar-refractivity contribution in [1.29, 1.82) is 0 Å². The van der Waals surface area contributed by atoms with Crippen molar-refractivity contribution in [2.45, 2.75) is 51.6 Å². The quantitative estimate of drug-likeness (QED) is 0.376. The molecular weight excluding hydrogens is 468 g/mol. The van der Waals surface area contributed by atoms with Crippen LogP contribution >= 0.6 is 23.1 Å². The number of thiophene rings is 1. The van der Waals surface area contributed by atoms with Crippen molar-refractivity contribution in [3.63, 3.8) is 0 Å². The Labute approximate surface area is 205 Å². The minimum absolute atomic E-state index is 0.135. The largest absolute Gasteiger partial charge is 0.326 e. The lowest BCUT2D eigenvalue weighted by atomic mass is 9.89. The molecular formula is C24H26N6O2S2. The van der Waals surface area contributed by atoms with E-state index in [2.05, 4.69) is 34.7 Å². The minimum atomic E-state index is -0.136. The molecule has 1 aromatic carbocycles. The van der Waals surface area contributed by atoms with Crippen LogP contribution in [0.2, 0.25) is 0 Å². The summed E-state index contributed by atoms with van der Waals surface area (Å²) in [4.78, 5) is 31.2. The fourth-order valence-corrected chi connectivity index (χ4v) is 6.52. The van der Waals surface area contributed by atoms with Gasteiger partial charge in [0, 0.05) is 29.6 Å². The lowest BCUT2D eigenvalue weighted by Gasteiger charge is -2.17. The number of hydrogen-bond acceptors (Lipinski definition) is 7. The van der Waals surface area contributed by atoms with E-state index in [1.807, 2.05) is 4.40 Å². The van der Waals surface area contributed by atoms with Crippen molar-refractivity contribution in [3.8, 4) is 0 Å². The smallest absolute Gasteiger partial charge is 0.234 e. The Hall–Kier alpha value is -2.98. The molecule has 0 radical (unpaired) electrons. The molecule has 8 nitrogen and oxygen atoms in total. The molecule has 10 heteroatoms. The molecule has 1 atom stereocenters. The fraction of sp³-hybridized carbons (Fsp3) is 0.375. The Kier molecular flexibility index (Phi) is 6.26. The van der Waals surface area contributed by atoms with Crippen molar-refractivity contribution >= 4 is 62.2 Å². The first-order valence-corrected chi connectivity index (χ1v) is 13.2. The molecule has 5 rings (SSSR count).